The van der Waals surface area contributed by atoms with Gasteiger partial charge in [0.1, 0.15) is 5.82 Å². The first-order chi connectivity index (χ1) is 9.20. The van der Waals surface area contributed by atoms with Gasteiger partial charge in [0.05, 0.1) is 5.69 Å². The minimum absolute atomic E-state index is 0.178. The predicted molar refractivity (Wildman–Crippen MR) is 85.1 cm³/mol. The number of hydrogen-bond donors (Lipinski definition) is 1. The molecule has 1 fully saturated rings. The summed E-state index contributed by atoms with van der Waals surface area (Å²) in [5.41, 5.74) is 8.84. The molecule has 0 spiro atoms. The molecule has 1 aliphatic rings. The molecule has 2 heterocycles. The molecule has 1 aromatic heterocycles. The molecule has 2 rings (SSSR count). The summed E-state index contributed by atoms with van der Waals surface area (Å²) in [4.78, 5) is 2.51. The van der Waals surface area contributed by atoms with Crippen molar-refractivity contribution in [1.29, 1.82) is 0 Å². The Bertz CT molecular complexity index is 468. The second kappa shape index (κ2) is 5.40. The maximum absolute atomic E-state index is 6.01. The fourth-order valence-corrected chi connectivity index (χ4v) is 3.31. The van der Waals surface area contributed by atoms with Gasteiger partial charge in [-0.25, -0.2) is 0 Å². The van der Waals surface area contributed by atoms with E-state index in [4.69, 9.17) is 5.73 Å². The summed E-state index contributed by atoms with van der Waals surface area (Å²) in [6.07, 6.45) is 2.18. The molecule has 0 amide bonds. The van der Waals surface area contributed by atoms with Crippen LogP contribution in [-0.2, 0) is 13.5 Å². The maximum Gasteiger partial charge on any atom is 0.130 e. The van der Waals surface area contributed by atoms with Gasteiger partial charge in [-0.2, -0.15) is 5.10 Å². The standard InChI is InChI=1S/C16H30N4/c1-11(17)9-14-12(2)18-19(6)15(14)20-8-7-13(10-20)16(3,4)5/h11,13H,7-10,17H2,1-6H3. The van der Waals surface area contributed by atoms with Gasteiger partial charge in [-0.05, 0) is 38.0 Å². The summed E-state index contributed by atoms with van der Waals surface area (Å²) >= 11 is 0. The lowest BCUT2D eigenvalue weighted by atomic mass is 9.80. The highest BCUT2D eigenvalue weighted by atomic mass is 15.4. The maximum atomic E-state index is 6.01. The molecule has 2 N–H and O–H groups in total. The van der Waals surface area contributed by atoms with Gasteiger partial charge < -0.3 is 10.6 Å². The van der Waals surface area contributed by atoms with Crippen LogP contribution >= 0.6 is 0 Å². The molecular formula is C16H30N4. The van der Waals surface area contributed by atoms with E-state index in [0.717, 1.165) is 31.1 Å². The van der Waals surface area contributed by atoms with E-state index in [1.165, 1.54) is 17.8 Å². The van der Waals surface area contributed by atoms with E-state index < -0.39 is 0 Å². The summed E-state index contributed by atoms with van der Waals surface area (Å²) in [6.45, 7) is 13.5. The summed E-state index contributed by atoms with van der Waals surface area (Å²) in [5, 5.41) is 4.62. The van der Waals surface area contributed by atoms with Crippen molar-refractivity contribution in [3.63, 3.8) is 0 Å². The molecule has 20 heavy (non-hydrogen) atoms. The lowest BCUT2D eigenvalue weighted by Crippen LogP contribution is -2.28. The normalized spacial score (nSPS) is 21.6. The minimum Gasteiger partial charge on any atom is -0.356 e. The first-order valence-corrected chi connectivity index (χ1v) is 7.73. The fourth-order valence-electron chi connectivity index (χ4n) is 3.31. The first-order valence-electron chi connectivity index (χ1n) is 7.73. The van der Waals surface area contributed by atoms with Gasteiger partial charge in [0, 0.05) is 31.7 Å². The Kier molecular flexibility index (Phi) is 4.14. The van der Waals surface area contributed by atoms with E-state index >= 15 is 0 Å². The number of aryl methyl sites for hydroxylation is 2. The topological polar surface area (TPSA) is 47.1 Å². The van der Waals surface area contributed by atoms with Gasteiger partial charge in [0.2, 0.25) is 0 Å². The van der Waals surface area contributed by atoms with Crippen molar-refractivity contribution in [2.24, 2.45) is 24.1 Å². The highest BCUT2D eigenvalue weighted by Gasteiger charge is 2.34. The van der Waals surface area contributed by atoms with E-state index in [-0.39, 0.29) is 6.04 Å². The van der Waals surface area contributed by atoms with Gasteiger partial charge in [0.25, 0.3) is 0 Å². The summed E-state index contributed by atoms with van der Waals surface area (Å²) in [7, 11) is 2.05. The van der Waals surface area contributed by atoms with Crippen molar-refractivity contribution in [3.05, 3.63) is 11.3 Å². The SMILES string of the molecule is Cc1nn(C)c(N2CCC(C(C)(C)C)C2)c1CC(C)N. The Morgan fingerprint density at radius 3 is 2.55 bits per heavy atom. The number of rotatable bonds is 3. The Morgan fingerprint density at radius 2 is 2.05 bits per heavy atom. The number of aromatic nitrogens is 2. The zero-order chi connectivity index (χ0) is 15.1. The van der Waals surface area contributed by atoms with E-state index in [1.54, 1.807) is 0 Å². The van der Waals surface area contributed by atoms with Gasteiger partial charge in [0.15, 0.2) is 0 Å². The minimum atomic E-state index is 0.178. The second-order valence-electron chi connectivity index (χ2n) is 7.49. The van der Waals surface area contributed by atoms with Crippen LogP contribution in [0.1, 0.15) is 45.4 Å². The van der Waals surface area contributed by atoms with Crippen LogP contribution in [0.25, 0.3) is 0 Å². The third kappa shape index (κ3) is 3.00. The molecule has 4 nitrogen and oxygen atoms in total. The molecule has 1 aromatic rings. The quantitative estimate of drug-likeness (QED) is 0.924. The van der Waals surface area contributed by atoms with Crippen molar-refractivity contribution < 1.29 is 0 Å². The van der Waals surface area contributed by atoms with Crippen molar-refractivity contribution >= 4 is 5.82 Å². The molecule has 4 heteroatoms. The Labute approximate surface area is 123 Å². The zero-order valence-electron chi connectivity index (χ0n) is 13.9. The van der Waals surface area contributed by atoms with Crippen molar-refractivity contribution in [3.8, 4) is 0 Å². The van der Waals surface area contributed by atoms with Crippen LogP contribution in [0, 0.1) is 18.3 Å². The lowest BCUT2D eigenvalue weighted by molar-refractivity contribution is 0.263. The molecule has 0 aromatic carbocycles. The molecule has 0 bridgehead atoms. The number of nitrogens with two attached hydrogens (primary N) is 1. The summed E-state index contributed by atoms with van der Waals surface area (Å²) < 4.78 is 2.04. The Balaban J connectivity index is 2.25. The highest BCUT2D eigenvalue weighted by molar-refractivity contribution is 5.51. The van der Waals surface area contributed by atoms with E-state index in [1.807, 2.05) is 4.68 Å². The Morgan fingerprint density at radius 1 is 1.40 bits per heavy atom. The van der Waals surface area contributed by atoms with Crippen LogP contribution in [0.2, 0.25) is 0 Å². The zero-order valence-corrected chi connectivity index (χ0v) is 13.9. The molecule has 2 unspecified atom stereocenters. The van der Waals surface area contributed by atoms with E-state index in [9.17, 15) is 0 Å². The summed E-state index contributed by atoms with van der Waals surface area (Å²) in [6, 6.07) is 0.178. The van der Waals surface area contributed by atoms with Gasteiger partial charge in [-0.3, -0.25) is 4.68 Å². The molecular weight excluding hydrogens is 248 g/mol. The third-order valence-electron chi connectivity index (χ3n) is 4.55. The first kappa shape index (κ1) is 15.4. The third-order valence-corrected chi connectivity index (χ3v) is 4.55. The number of anilines is 1. The summed E-state index contributed by atoms with van der Waals surface area (Å²) in [5.74, 6) is 2.03. The molecule has 0 aliphatic carbocycles. The van der Waals surface area contributed by atoms with E-state index in [0.29, 0.717) is 5.41 Å². The van der Waals surface area contributed by atoms with Crippen LogP contribution in [0.4, 0.5) is 5.82 Å². The average Bonchev–Trinajstić information content (AvgIpc) is 2.84. The van der Waals surface area contributed by atoms with Crippen molar-refractivity contribution in [1.82, 2.24) is 9.78 Å². The van der Waals surface area contributed by atoms with Crippen LogP contribution in [0.3, 0.4) is 0 Å². The van der Waals surface area contributed by atoms with Crippen LogP contribution in [0.15, 0.2) is 0 Å². The van der Waals surface area contributed by atoms with Gasteiger partial charge >= 0.3 is 0 Å². The lowest BCUT2D eigenvalue weighted by Gasteiger charge is -2.28. The largest absolute Gasteiger partial charge is 0.356 e. The van der Waals surface area contributed by atoms with Gasteiger partial charge in [-0.15, -0.1) is 0 Å². The second-order valence-corrected chi connectivity index (χ2v) is 7.49. The smallest absolute Gasteiger partial charge is 0.130 e. The van der Waals surface area contributed by atoms with Crippen LogP contribution < -0.4 is 10.6 Å². The number of hydrogen-bond acceptors (Lipinski definition) is 3. The van der Waals surface area contributed by atoms with Crippen molar-refractivity contribution in [2.45, 2.75) is 53.5 Å². The molecule has 2 atom stereocenters. The Hall–Kier alpha value is -1.03. The van der Waals surface area contributed by atoms with Crippen molar-refractivity contribution in [2.75, 3.05) is 18.0 Å². The van der Waals surface area contributed by atoms with Gasteiger partial charge in [-0.1, -0.05) is 20.8 Å². The molecule has 1 aliphatic heterocycles. The molecule has 0 saturated carbocycles. The monoisotopic (exact) mass is 278 g/mol. The van der Waals surface area contributed by atoms with Crippen LogP contribution in [-0.4, -0.2) is 28.9 Å². The molecule has 114 valence electrons. The highest BCUT2D eigenvalue weighted by Crippen LogP contribution is 2.37. The number of nitrogens with zero attached hydrogens (tertiary/aromatic N) is 3. The fraction of sp³-hybridized carbons (Fsp3) is 0.812. The molecule has 1 saturated heterocycles. The predicted octanol–water partition coefficient (Wildman–Crippen LogP) is 2.49. The molecule has 0 radical (unpaired) electrons. The van der Waals surface area contributed by atoms with Crippen LogP contribution in [0.5, 0.6) is 0 Å². The van der Waals surface area contributed by atoms with E-state index in [2.05, 4.69) is 51.7 Å². The average molecular weight is 278 g/mol.